The van der Waals surface area contributed by atoms with Crippen molar-refractivity contribution >= 4 is 39.2 Å². The van der Waals surface area contributed by atoms with E-state index < -0.39 is 5.82 Å². The molecule has 2 aromatic rings. The van der Waals surface area contributed by atoms with Crippen LogP contribution >= 0.6 is 15.9 Å². The third-order valence-electron chi connectivity index (χ3n) is 4.18. The average Bonchev–Trinajstić information content (AvgIpc) is 3.11. The van der Waals surface area contributed by atoms with E-state index in [9.17, 15) is 14.4 Å². The smallest absolute Gasteiger partial charge is 0.228 e. The van der Waals surface area contributed by atoms with Crippen molar-refractivity contribution < 1.29 is 19.0 Å². The molecular formula is C16H17BrFN5O3. The van der Waals surface area contributed by atoms with Crippen LogP contribution in [0.2, 0.25) is 0 Å². The number of hydroxylamine groups is 1. The second kappa shape index (κ2) is 8.37. The van der Waals surface area contributed by atoms with E-state index in [1.165, 1.54) is 18.2 Å². The summed E-state index contributed by atoms with van der Waals surface area (Å²) in [6, 6.07) is 4.08. The topological polar surface area (TPSA) is 113 Å². The number of aliphatic imine (C=N–C) groups is 1. The summed E-state index contributed by atoms with van der Waals surface area (Å²) in [6.07, 6.45) is 4.84. The van der Waals surface area contributed by atoms with E-state index in [0.29, 0.717) is 5.69 Å². The van der Waals surface area contributed by atoms with Crippen LogP contribution in [0.1, 0.15) is 37.8 Å². The summed E-state index contributed by atoms with van der Waals surface area (Å²) in [5.74, 6) is -0.718. The highest BCUT2D eigenvalue weighted by Gasteiger charge is 2.25. The fourth-order valence-electron chi connectivity index (χ4n) is 2.82. The molecule has 26 heavy (non-hydrogen) atoms. The summed E-state index contributed by atoms with van der Waals surface area (Å²) >= 11 is 3.07. The first-order valence-electron chi connectivity index (χ1n) is 8.16. The summed E-state index contributed by atoms with van der Waals surface area (Å²) < 4.78 is 18.2. The third-order valence-corrected chi connectivity index (χ3v) is 4.79. The van der Waals surface area contributed by atoms with E-state index in [4.69, 9.17) is 0 Å². The Kier molecular flexibility index (Phi) is 5.94. The van der Waals surface area contributed by atoms with Crippen LogP contribution in [0.5, 0.6) is 0 Å². The number of halogens is 2. The van der Waals surface area contributed by atoms with Crippen LogP contribution in [-0.4, -0.2) is 27.3 Å². The molecule has 0 spiro atoms. The van der Waals surface area contributed by atoms with Crippen molar-refractivity contribution in [3.8, 4) is 0 Å². The van der Waals surface area contributed by atoms with Crippen LogP contribution < -0.4 is 10.8 Å². The second-order valence-electron chi connectivity index (χ2n) is 5.96. The van der Waals surface area contributed by atoms with Gasteiger partial charge in [-0.15, -0.1) is 0 Å². The van der Waals surface area contributed by atoms with Gasteiger partial charge in [-0.25, -0.2) is 14.0 Å². The number of nitrogens with zero attached hydrogens (tertiary/aromatic N) is 3. The summed E-state index contributed by atoms with van der Waals surface area (Å²) in [7, 11) is 0. The number of hydrogen-bond donors (Lipinski definition) is 3. The minimum absolute atomic E-state index is 0.0390. The molecule has 1 aliphatic carbocycles. The van der Waals surface area contributed by atoms with Crippen molar-refractivity contribution in [2.75, 3.05) is 5.32 Å². The number of aromatic nitrogens is 2. The molecule has 0 bridgehead atoms. The molecule has 0 unspecified atom stereocenters. The molecule has 1 heterocycles. The van der Waals surface area contributed by atoms with Gasteiger partial charge in [-0.05, 0) is 57.3 Å². The highest BCUT2D eigenvalue weighted by atomic mass is 79.9. The zero-order valence-electron chi connectivity index (χ0n) is 13.7. The van der Waals surface area contributed by atoms with Crippen LogP contribution in [0.4, 0.5) is 15.9 Å². The quantitative estimate of drug-likeness (QED) is 0.392. The number of carbonyl (C=O) groups excluding carboxylic acids is 1. The maximum absolute atomic E-state index is 13.3. The second-order valence-corrected chi connectivity index (χ2v) is 6.81. The maximum Gasteiger partial charge on any atom is 0.228 e. The Morgan fingerprint density at radius 3 is 2.77 bits per heavy atom. The molecule has 0 atom stereocenters. The standard InChI is InChI=1S/C16H17BrFN5O3/c17-11-8-10(6-7-12(11)18)19-14(21-25)13-15(23-26-22-13)20-16(24)9-4-2-1-3-5-9/h6-9,25H,1-5H2,(H,19,21)(H,20,23,24). The van der Waals surface area contributed by atoms with Crippen molar-refractivity contribution in [1.82, 2.24) is 15.8 Å². The molecule has 1 aromatic carbocycles. The molecule has 3 N–H and O–H groups in total. The number of amides is 1. The highest BCUT2D eigenvalue weighted by Crippen LogP contribution is 2.26. The van der Waals surface area contributed by atoms with Crippen LogP contribution in [0.3, 0.4) is 0 Å². The van der Waals surface area contributed by atoms with Crippen LogP contribution in [-0.2, 0) is 4.79 Å². The van der Waals surface area contributed by atoms with Crippen LogP contribution in [0, 0.1) is 11.7 Å². The van der Waals surface area contributed by atoms with E-state index in [0.717, 1.165) is 32.1 Å². The number of rotatable bonds is 4. The van der Waals surface area contributed by atoms with Gasteiger partial charge in [0, 0.05) is 5.92 Å². The van der Waals surface area contributed by atoms with Gasteiger partial charge in [-0.3, -0.25) is 15.5 Å². The lowest BCUT2D eigenvalue weighted by Gasteiger charge is -2.20. The average molecular weight is 426 g/mol. The van der Waals surface area contributed by atoms with E-state index in [1.54, 1.807) is 0 Å². The lowest BCUT2D eigenvalue weighted by atomic mass is 9.89. The van der Waals surface area contributed by atoms with Crippen molar-refractivity contribution in [2.45, 2.75) is 32.1 Å². The van der Waals surface area contributed by atoms with Gasteiger partial charge in [-0.2, -0.15) is 0 Å². The van der Waals surface area contributed by atoms with E-state index >= 15 is 0 Å². The molecule has 10 heteroatoms. The fraction of sp³-hybridized carbons (Fsp3) is 0.375. The summed E-state index contributed by atoms with van der Waals surface area (Å²) in [5.41, 5.74) is 2.30. The lowest BCUT2D eigenvalue weighted by Crippen LogP contribution is -2.27. The Balaban J connectivity index is 1.81. The maximum atomic E-state index is 13.3. The first kappa shape index (κ1) is 18.5. The molecule has 1 saturated carbocycles. The molecule has 1 aromatic heterocycles. The number of nitrogens with one attached hydrogen (secondary N) is 2. The Bertz CT molecular complexity index is 820. The Morgan fingerprint density at radius 1 is 1.31 bits per heavy atom. The minimum Gasteiger partial charge on any atom is -0.306 e. The molecule has 0 radical (unpaired) electrons. The van der Waals surface area contributed by atoms with Crippen molar-refractivity contribution in [3.05, 3.63) is 34.2 Å². The molecular weight excluding hydrogens is 409 g/mol. The predicted molar refractivity (Wildman–Crippen MR) is 94.7 cm³/mol. The normalized spacial score (nSPS) is 15.7. The zero-order valence-corrected chi connectivity index (χ0v) is 15.3. The molecule has 138 valence electrons. The van der Waals surface area contributed by atoms with Gasteiger partial charge < -0.3 is 5.32 Å². The van der Waals surface area contributed by atoms with E-state index in [-0.39, 0.29) is 33.6 Å². The number of anilines is 1. The number of amidine groups is 1. The Labute approximate surface area is 156 Å². The highest BCUT2D eigenvalue weighted by molar-refractivity contribution is 9.10. The molecule has 0 aliphatic heterocycles. The largest absolute Gasteiger partial charge is 0.306 e. The SMILES string of the molecule is O=C(Nc1nonc1C(=Nc1ccc(F)c(Br)c1)NO)C1CCCCC1. The van der Waals surface area contributed by atoms with Crippen molar-refractivity contribution in [2.24, 2.45) is 10.9 Å². The van der Waals surface area contributed by atoms with Gasteiger partial charge >= 0.3 is 0 Å². The number of hydrogen-bond acceptors (Lipinski definition) is 6. The zero-order chi connectivity index (χ0) is 18.5. The monoisotopic (exact) mass is 425 g/mol. The van der Waals surface area contributed by atoms with Gasteiger partial charge in [0.05, 0.1) is 10.2 Å². The summed E-state index contributed by atoms with van der Waals surface area (Å²) in [5, 5.41) is 19.4. The Morgan fingerprint density at radius 2 is 2.08 bits per heavy atom. The number of carbonyl (C=O) groups is 1. The first-order valence-corrected chi connectivity index (χ1v) is 8.95. The van der Waals surface area contributed by atoms with Crippen molar-refractivity contribution in [3.63, 3.8) is 0 Å². The fourth-order valence-corrected chi connectivity index (χ4v) is 3.19. The Hall–Kier alpha value is -2.33. The van der Waals surface area contributed by atoms with Crippen LogP contribution in [0.15, 0.2) is 32.3 Å². The van der Waals surface area contributed by atoms with Gasteiger partial charge in [0.2, 0.25) is 11.7 Å². The molecule has 8 nitrogen and oxygen atoms in total. The molecule has 0 saturated heterocycles. The third kappa shape index (κ3) is 4.25. The van der Waals surface area contributed by atoms with Gasteiger partial charge in [0.25, 0.3) is 0 Å². The van der Waals surface area contributed by atoms with Gasteiger partial charge in [0.15, 0.2) is 11.5 Å². The summed E-state index contributed by atoms with van der Waals surface area (Å²) in [4.78, 5) is 16.5. The number of benzene rings is 1. The lowest BCUT2D eigenvalue weighted by molar-refractivity contribution is -0.120. The molecule has 1 fully saturated rings. The van der Waals surface area contributed by atoms with E-state index in [2.05, 4.69) is 41.2 Å². The minimum atomic E-state index is -0.439. The van der Waals surface area contributed by atoms with Gasteiger partial charge in [-0.1, -0.05) is 19.3 Å². The van der Waals surface area contributed by atoms with Crippen molar-refractivity contribution in [1.29, 1.82) is 0 Å². The first-order chi connectivity index (χ1) is 12.6. The molecule has 3 rings (SSSR count). The molecule has 1 aliphatic rings. The predicted octanol–water partition coefficient (Wildman–Crippen LogP) is 3.55. The van der Waals surface area contributed by atoms with Gasteiger partial charge in [0.1, 0.15) is 5.82 Å². The van der Waals surface area contributed by atoms with E-state index in [1.807, 2.05) is 5.48 Å². The van der Waals surface area contributed by atoms with Crippen LogP contribution in [0.25, 0.3) is 0 Å². The summed E-state index contributed by atoms with van der Waals surface area (Å²) in [6.45, 7) is 0. The molecule has 1 amide bonds.